The zero-order valence-corrected chi connectivity index (χ0v) is 11.5. The smallest absolute Gasteiger partial charge is 0.421 e. The fourth-order valence-electron chi connectivity index (χ4n) is 1.67. The Hall–Kier alpha value is -1.88. The van der Waals surface area contributed by atoms with Crippen LogP contribution in [0.15, 0.2) is 0 Å². The summed E-state index contributed by atoms with van der Waals surface area (Å²) in [4.78, 5) is 33.4. The van der Waals surface area contributed by atoms with Crippen LogP contribution in [0.3, 0.4) is 0 Å². The summed E-state index contributed by atoms with van der Waals surface area (Å²) in [6.45, 7) is 1.35. The van der Waals surface area contributed by atoms with E-state index < -0.39 is 40.6 Å². The number of carboxylic acids is 1. The SMILES string of the molecule is CCOC(=O)NS(=O)(=O)N1CCNC(=O)C1CC(=O)O. The number of carboxylic acid groups (broad SMARTS) is 1. The Morgan fingerprint density at radius 2 is 2.20 bits per heavy atom. The Kier molecular flexibility index (Phi) is 5.27. The summed E-state index contributed by atoms with van der Waals surface area (Å²) in [6.07, 6.45) is -1.89. The largest absolute Gasteiger partial charge is 0.481 e. The third-order valence-electron chi connectivity index (χ3n) is 2.45. The number of hydrogen-bond donors (Lipinski definition) is 3. The summed E-state index contributed by atoms with van der Waals surface area (Å²) >= 11 is 0. The molecule has 0 aromatic carbocycles. The van der Waals surface area contributed by atoms with E-state index in [1.165, 1.54) is 6.92 Å². The van der Waals surface area contributed by atoms with Crippen LogP contribution >= 0.6 is 0 Å². The summed E-state index contributed by atoms with van der Waals surface area (Å²) in [7, 11) is -4.35. The molecule has 0 spiro atoms. The molecule has 1 heterocycles. The molecule has 0 aromatic rings. The maximum atomic E-state index is 11.9. The Balaban J connectivity index is 2.91. The minimum atomic E-state index is -4.35. The van der Waals surface area contributed by atoms with E-state index in [4.69, 9.17) is 5.11 Å². The second-order valence-corrected chi connectivity index (χ2v) is 5.47. The number of carbonyl (C=O) groups excluding carboxylic acids is 2. The van der Waals surface area contributed by atoms with Gasteiger partial charge in [0.1, 0.15) is 6.04 Å². The summed E-state index contributed by atoms with van der Waals surface area (Å²) in [5, 5.41) is 11.1. The van der Waals surface area contributed by atoms with Crippen molar-refractivity contribution >= 4 is 28.2 Å². The van der Waals surface area contributed by atoms with Crippen LogP contribution in [0.25, 0.3) is 0 Å². The number of aliphatic carboxylic acids is 1. The second kappa shape index (κ2) is 6.52. The van der Waals surface area contributed by atoms with Gasteiger partial charge in [-0.1, -0.05) is 0 Å². The molecule has 1 aliphatic rings. The molecule has 0 saturated carbocycles. The highest BCUT2D eigenvalue weighted by molar-refractivity contribution is 7.87. The van der Waals surface area contributed by atoms with Gasteiger partial charge in [-0.3, -0.25) is 9.59 Å². The standard InChI is InChI=1S/C9H15N3O7S/c1-2-19-9(16)11-20(17,18)12-4-3-10-8(15)6(12)5-7(13)14/h6H,2-5H2,1H3,(H,10,15)(H,11,16)(H,13,14). The van der Waals surface area contributed by atoms with Crippen molar-refractivity contribution in [3.05, 3.63) is 0 Å². The number of nitrogens with zero attached hydrogens (tertiary/aromatic N) is 1. The van der Waals surface area contributed by atoms with Gasteiger partial charge in [0.15, 0.2) is 0 Å². The number of piperazine rings is 1. The first kappa shape index (κ1) is 16.2. The summed E-state index contributed by atoms with van der Waals surface area (Å²) in [6, 6.07) is -1.41. The third kappa shape index (κ3) is 4.06. The van der Waals surface area contributed by atoms with E-state index in [1.807, 2.05) is 0 Å². The van der Waals surface area contributed by atoms with Gasteiger partial charge in [-0.15, -0.1) is 0 Å². The topological polar surface area (TPSA) is 142 Å². The highest BCUT2D eigenvalue weighted by Crippen LogP contribution is 2.13. The monoisotopic (exact) mass is 309 g/mol. The van der Waals surface area contributed by atoms with E-state index in [2.05, 4.69) is 10.1 Å². The first-order valence-corrected chi connectivity index (χ1v) is 7.17. The van der Waals surface area contributed by atoms with Crippen molar-refractivity contribution < 1.29 is 32.6 Å². The molecular weight excluding hydrogens is 294 g/mol. The van der Waals surface area contributed by atoms with Gasteiger partial charge in [-0.25, -0.2) is 9.52 Å². The van der Waals surface area contributed by atoms with Gasteiger partial charge in [0.05, 0.1) is 13.0 Å². The molecule has 20 heavy (non-hydrogen) atoms. The number of ether oxygens (including phenoxy) is 1. The molecule has 2 amide bonds. The molecular formula is C9H15N3O7S. The average Bonchev–Trinajstić information content (AvgIpc) is 2.30. The summed E-state index contributed by atoms with van der Waals surface area (Å²) < 4.78 is 30.6. The molecule has 1 aliphatic heterocycles. The fraction of sp³-hybridized carbons (Fsp3) is 0.667. The lowest BCUT2D eigenvalue weighted by molar-refractivity contribution is -0.141. The van der Waals surface area contributed by atoms with Crippen molar-refractivity contribution in [3.63, 3.8) is 0 Å². The highest BCUT2D eigenvalue weighted by atomic mass is 32.2. The minimum absolute atomic E-state index is 0.0265. The van der Waals surface area contributed by atoms with Crippen molar-refractivity contribution in [2.45, 2.75) is 19.4 Å². The van der Waals surface area contributed by atoms with Crippen LogP contribution < -0.4 is 10.0 Å². The molecule has 1 saturated heterocycles. The van der Waals surface area contributed by atoms with Crippen molar-refractivity contribution in [1.29, 1.82) is 0 Å². The lowest BCUT2D eigenvalue weighted by Crippen LogP contribution is -2.60. The van der Waals surface area contributed by atoms with Crippen LogP contribution in [0.5, 0.6) is 0 Å². The number of nitrogens with one attached hydrogen (secondary N) is 2. The van der Waals surface area contributed by atoms with Crippen LogP contribution in [0.2, 0.25) is 0 Å². The van der Waals surface area contributed by atoms with Gasteiger partial charge in [0, 0.05) is 13.1 Å². The van der Waals surface area contributed by atoms with E-state index in [1.54, 1.807) is 4.72 Å². The van der Waals surface area contributed by atoms with E-state index in [0.29, 0.717) is 4.31 Å². The van der Waals surface area contributed by atoms with Crippen molar-refractivity contribution in [1.82, 2.24) is 14.3 Å². The average molecular weight is 309 g/mol. The predicted molar refractivity (Wildman–Crippen MR) is 64.8 cm³/mol. The zero-order valence-electron chi connectivity index (χ0n) is 10.7. The predicted octanol–water partition coefficient (Wildman–Crippen LogP) is -1.75. The van der Waals surface area contributed by atoms with Crippen molar-refractivity contribution in [2.75, 3.05) is 19.7 Å². The lowest BCUT2D eigenvalue weighted by Gasteiger charge is -2.32. The van der Waals surface area contributed by atoms with E-state index >= 15 is 0 Å². The first-order chi connectivity index (χ1) is 9.27. The molecule has 11 heteroatoms. The lowest BCUT2D eigenvalue weighted by atomic mass is 10.1. The molecule has 1 rings (SSSR count). The van der Waals surface area contributed by atoms with E-state index in [0.717, 1.165) is 0 Å². The minimum Gasteiger partial charge on any atom is -0.481 e. The number of amides is 2. The second-order valence-electron chi connectivity index (χ2n) is 3.84. The van der Waals surface area contributed by atoms with Gasteiger partial charge < -0.3 is 15.2 Å². The fourth-order valence-corrected chi connectivity index (χ4v) is 2.89. The van der Waals surface area contributed by atoms with Gasteiger partial charge in [0.25, 0.3) is 0 Å². The van der Waals surface area contributed by atoms with Gasteiger partial charge in [-0.2, -0.15) is 12.7 Å². The van der Waals surface area contributed by atoms with Crippen molar-refractivity contribution in [3.8, 4) is 0 Å². The summed E-state index contributed by atoms with van der Waals surface area (Å²) in [5.41, 5.74) is 0. The normalized spacial score (nSPS) is 20.1. The van der Waals surface area contributed by atoms with Crippen LogP contribution in [-0.4, -0.2) is 61.5 Å². The quantitative estimate of drug-likeness (QED) is 0.546. The maximum absolute atomic E-state index is 11.9. The van der Waals surface area contributed by atoms with Crippen molar-refractivity contribution in [2.24, 2.45) is 0 Å². The molecule has 0 aromatic heterocycles. The van der Waals surface area contributed by atoms with Crippen LogP contribution in [-0.2, 0) is 24.5 Å². The molecule has 1 atom stereocenters. The van der Waals surface area contributed by atoms with Gasteiger partial charge in [0.2, 0.25) is 5.91 Å². The molecule has 0 radical (unpaired) electrons. The van der Waals surface area contributed by atoms with E-state index in [9.17, 15) is 22.8 Å². The van der Waals surface area contributed by atoms with Gasteiger partial charge in [-0.05, 0) is 6.92 Å². The molecule has 3 N–H and O–H groups in total. The van der Waals surface area contributed by atoms with Crippen LogP contribution in [0, 0.1) is 0 Å². The Morgan fingerprint density at radius 1 is 1.55 bits per heavy atom. The van der Waals surface area contributed by atoms with Gasteiger partial charge >= 0.3 is 22.3 Å². The third-order valence-corrected chi connectivity index (χ3v) is 3.93. The first-order valence-electron chi connectivity index (χ1n) is 5.73. The molecule has 0 bridgehead atoms. The zero-order chi connectivity index (χ0) is 15.3. The maximum Gasteiger partial charge on any atom is 0.421 e. The molecule has 10 nitrogen and oxygen atoms in total. The van der Waals surface area contributed by atoms with Crippen LogP contribution in [0.1, 0.15) is 13.3 Å². The molecule has 114 valence electrons. The van der Waals surface area contributed by atoms with Crippen LogP contribution in [0.4, 0.5) is 4.79 Å². The highest BCUT2D eigenvalue weighted by Gasteiger charge is 2.39. The number of hydrogen-bond acceptors (Lipinski definition) is 6. The number of rotatable bonds is 5. The van der Waals surface area contributed by atoms with E-state index in [-0.39, 0.29) is 19.7 Å². The Morgan fingerprint density at radius 3 is 2.75 bits per heavy atom. The Labute approximate surface area is 115 Å². The molecule has 0 aliphatic carbocycles. The molecule has 1 fully saturated rings. The number of carbonyl (C=O) groups is 3. The Bertz CT molecular complexity index is 504. The summed E-state index contributed by atoms with van der Waals surface area (Å²) in [5.74, 6) is -2.06. The molecule has 1 unspecified atom stereocenters.